The molecular weight excluding hydrogens is 726 g/mol. The van der Waals surface area contributed by atoms with Crippen LogP contribution in [0.25, 0.3) is 0 Å². The van der Waals surface area contributed by atoms with Gasteiger partial charge in [0.2, 0.25) is 0 Å². The minimum Gasteiger partial charge on any atom is -0.487 e. The Morgan fingerprint density at radius 2 is 1.52 bits per heavy atom. The Bertz CT molecular complexity index is 1020. The molecule has 0 unspecified atom stereocenters. The minimum atomic E-state index is -0.257. The van der Waals surface area contributed by atoms with Gasteiger partial charge in [-0.3, -0.25) is 4.79 Å². The molecule has 0 heterocycles. The monoisotopic (exact) mass is 738 g/mol. The molecule has 0 fully saturated rings. The average Bonchev–Trinajstić information content (AvgIpc) is 2.69. The third kappa shape index (κ3) is 6.76. The number of benzene rings is 3. The Balaban J connectivity index is 1.63. The second kappa shape index (κ2) is 10.9. The van der Waals surface area contributed by atoms with Crippen LogP contribution in [0.2, 0.25) is 0 Å². The fourth-order valence-electron chi connectivity index (χ4n) is 2.36. The highest BCUT2D eigenvalue weighted by molar-refractivity contribution is 14.1. The summed E-state index contributed by atoms with van der Waals surface area (Å²) in [6.45, 7) is 0.496. The zero-order chi connectivity index (χ0) is 20.8. The van der Waals surface area contributed by atoms with Gasteiger partial charge in [-0.05, 0) is 105 Å². The van der Waals surface area contributed by atoms with Crippen LogP contribution in [0.1, 0.15) is 21.5 Å². The SMILES string of the molecule is O=C(N/N=C\c1cc(I)c(OCc2ccc(Br)cc2)c(I)c1)c1ccc(Br)cc1. The normalized spacial score (nSPS) is 10.9. The number of hydrazone groups is 1. The first-order valence-electron chi connectivity index (χ1n) is 8.37. The summed E-state index contributed by atoms with van der Waals surface area (Å²) >= 11 is 11.3. The van der Waals surface area contributed by atoms with Gasteiger partial charge < -0.3 is 4.74 Å². The number of ether oxygens (including phenoxy) is 1. The number of carbonyl (C=O) groups excluding carboxylic acids is 1. The molecule has 4 nitrogen and oxygen atoms in total. The number of nitrogens with one attached hydrogen (secondary N) is 1. The lowest BCUT2D eigenvalue weighted by molar-refractivity contribution is 0.0955. The molecule has 3 aromatic carbocycles. The third-order valence-electron chi connectivity index (χ3n) is 3.80. The smallest absolute Gasteiger partial charge is 0.271 e. The van der Waals surface area contributed by atoms with Crippen molar-refractivity contribution in [1.29, 1.82) is 0 Å². The summed E-state index contributed by atoms with van der Waals surface area (Å²) in [5, 5.41) is 4.07. The van der Waals surface area contributed by atoms with Crippen LogP contribution in [0.15, 0.2) is 74.7 Å². The first kappa shape index (κ1) is 22.7. The maximum Gasteiger partial charge on any atom is 0.271 e. The van der Waals surface area contributed by atoms with E-state index in [-0.39, 0.29) is 5.91 Å². The van der Waals surface area contributed by atoms with Crippen molar-refractivity contribution in [2.24, 2.45) is 5.10 Å². The number of nitrogens with zero attached hydrogens (tertiary/aromatic N) is 1. The highest BCUT2D eigenvalue weighted by Crippen LogP contribution is 2.29. The van der Waals surface area contributed by atoms with Gasteiger partial charge in [-0.25, -0.2) is 5.43 Å². The van der Waals surface area contributed by atoms with Gasteiger partial charge >= 0.3 is 0 Å². The van der Waals surface area contributed by atoms with Crippen molar-refractivity contribution < 1.29 is 9.53 Å². The van der Waals surface area contributed by atoms with Crippen LogP contribution < -0.4 is 10.2 Å². The number of carbonyl (C=O) groups is 1. The Morgan fingerprint density at radius 3 is 2.10 bits per heavy atom. The Hall–Kier alpha value is -0.980. The van der Waals surface area contributed by atoms with E-state index in [1.165, 1.54) is 0 Å². The van der Waals surface area contributed by atoms with Crippen molar-refractivity contribution in [3.05, 3.63) is 93.4 Å². The summed E-state index contributed by atoms with van der Waals surface area (Å²) in [6.07, 6.45) is 1.62. The molecule has 29 heavy (non-hydrogen) atoms. The number of rotatable bonds is 6. The summed E-state index contributed by atoms with van der Waals surface area (Å²) in [7, 11) is 0. The zero-order valence-electron chi connectivity index (χ0n) is 14.8. The average molecular weight is 740 g/mol. The highest BCUT2D eigenvalue weighted by atomic mass is 127. The van der Waals surface area contributed by atoms with Crippen molar-refractivity contribution in [3.8, 4) is 5.75 Å². The van der Waals surface area contributed by atoms with Crippen molar-refractivity contribution in [2.75, 3.05) is 0 Å². The zero-order valence-corrected chi connectivity index (χ0v) is 22.3. The van der Waals surface area contributed by atoms with E-state index in [1.54, 1.807) is 18.3 Å². The maximum atomic E-state index is 12.1. The molecule has 1 amide bonds. The van der Waals surface area contributed by atoms with Crippen LogP contribution >= 0.6 is 77.0 Å². The van der Waals surface area contributed by atoms with E-state index < -0.39 is 0 Å². The topological polar surface area (TPSA) is 50.7 Å². The number of hydrogen-bond donors (Lipinski definition) is 1. The van der Waals surface area contributed by atoms with Gasteiger partial charge in [-0.15, -0.1) is 0 Å². The molecule has 1 N–H and O–H groups in total. The van der Waals surface area contributed by atoms with Crippen molar-refractivity contribution in [1.82, 2.24) is 5.43 Å². The van der Waals surface area contributed by atoms with Gasteiger partial charge in [0.25, 0.3) is 5.91 Å². The van der Waals surface area contributed by atoms with Gasteiger partial charge in [-0.2, -0.15) is 5.10 Å². The van der Waals surface area contributed by atoms with Gasteiger partial charge in [0.1, 0.15) is 12.4 Å². The van der Waals surface area contributed by atoms with Gasteiger partial charge in [0.15, 0.2) is 0 Å². The van der Waals surface area contributed by atoms with E-state index in [9.17, 15) is 4.79 Å². The molecule has 0 radical (unpaired) electrons. The predicted octanol–water partition coefficient (Wildman–Crippen LogP) is 6.76. The van der Waals surface area contributed by atoms with E-state index in [4.69, 9.17) is 4.74 Å². The maximum absolute atomic E-state index is 12.1. The molecule has 0 bridgehead atoms. The largest absolute Gasteiger partial charge is 0.487 e. The van der Waals surface area contributed by atoms with E-state index >= 15 is 0 Å². The molecule has 0 aromatic heterocycles. The van der Waals surface area contributed by atoms with Gasteiger partial charge in [-0.1, -0.05) is 44.0 Å². The van der Waals surface area contributed by atoms with E-state index in [1.807, 2.05) is 48.5 Å². The molecule has 8 heteroatoms. The first-order valence-corrected chi connectivity index (χ1v) is 12.1. The van der Waals surface area contributed by atoms with Crippen LogP contribution in [0.3, 0.4) is 0 Å². The number of hydrogen-bond acceptors (Lipinski definition) is 3. The Morgan fingerprint density at radius 1 is 0.966 bits per heavy atom. The quantitative estimate of drug-likeness (QED) is 0.173. The molecule has 0 atom stereocenters. The fourth-order valence-corrected chi connectivity index (χ4v) is 5.02. The lowest BCUT2D eigenvalue weighted by Gasteiger charge is -2.11. The molecule has 0 aliphatic heterocycles. The van der Waals surface area contributed by atoms with Crippen LogP contribution in [0.5, 0.6) is 5.75 Å². The van der Waals surface area contributed by atoms with Gasteiger partial charge in [0, 0.05) is 14.5 Å². The molecule has 3 rings (SSSR count). The molecule has 0 aliphatic rings. The van der Waals surface area contributed by atoms with E-state index in [2.05, 4.69) is 87.6 Å². The number of halogens is 4. The second-order valence-electron chi connectivity index (χ2n) is 5.93. The third-order valence-corrected chi connectivity index (χ3v) is 6.46. The lowest BCUT2D eigenvalue weighted by atomic mass is 10.2. The predicted molar refractivity (Wildman–Crippen MR) is 140 cm³/mol. The van der Waals surface area contributed by atoms with Crippen LogP contribution in [0, 0.1) is 7.14 Å². The fraction of sp³-hybridized carbons (Fsp3) is 0.0476. The summed E-state index contributed by atoms with van der Waals surface area (Å²) in [5.41, 5.74) is 5.07. The molecule has 148 valence electrons. The molecule has 0 saturated carbocycles. The Kier molecular flexibility index (Phi) is 8.51. The van der Waals surface area contributed by atoms with Gasteiger partial charge in [0.05, 0.1) is 13.4 Å². The van der Waals surface area contributed by atoms with Crippen LogP contribution in [-0.4, -0.2) is 12.1 Å². The molecule has 0 saturated heterocycles. The first-order chi connectivity index (χ1) is 13.9. The highest BCUT2D eigenvalue weighted by Gasteiger charge is 2.09. The van der Waals surface area contributed by atoms with Crippen molar-refractivity contribution in [3.63, 3.8) is 0 Å². The summed E-state index contributed by atoms with van der Waals surface area (Å²) in [5.74, 6) is 0.581. The number of amides is 1. The molecular formula is C21H14Br2I2N2O2. The van der Waals surface area contributed by atoms with Crippen molar-refractivity contribution >= 4 is 89.2 Å². The van der Waals surface area contributed by atoms with Crippen molar-refractivity contribution in [2.45, 2.75) is 6.61 Å². The molecule has 0 aliphatic carbocycles. The summed E-state index contributed by atoms with van der Waals surface area (Å²) in [6, 6.07) is 19.1. The van der Waals surface area contributed by atoms with E-state index in [0.717, 1.165) is 33.0 Å². The molecule has 0 spiro atoms. The lowest BCUT2D eigenvalue weighted by Crippen LogP contribution is -2.17. The standard InChI is InChI=1S/C21H14Br2I2N2O2/c22-16-5-1-13(2-6-16)12-29-20-18(24)9-14(10-19(20)25)11-26-27-21(28)15-3-7-17(23)8-4-15/h1-11H,12H2,(H,27,28)/b26-11-. The minimum absolute atomic E-state index is 0.257. The summed E-state index contributed by atoms with van der Waals surface area (Å²) < 4.78 is 9.93. The molecule has 3 aromatic rings. The Labute approximate surface area is 213 Å². The van der Waals surface area contributed by atoms with E-state index in [0.29, 0.717) is 12.2 Å². The van der Waals surface area contributed by atoms with Crippen LogP contribution in [0.4, 0.5) is 0 Å². The second-order valence-corrected chi connectivity index (χ2v) is 10.1. The van der Waals surface area contributed by atoms with Crippen LogP contribution in [-0.2, 0) is 6.61 Å². The summed E-state index contributed by atoms with van der Waals surface area (Å²) in [4.78, 5) is 12.1.